The Labute approximate surface area is 108 Å². The molecule has 2 aromatic rings. The summed E-state index contributed by atoms with van der Waals surface area (Å²) in [5.41, 5.74) is 3.83. The highest BCUT2D eigenvalue weighted by atomic mass is 16.3. The SMILES string of the molecule is Cc1[nH]c2ccccc2c1C(C)(C)CNCCO. The number of hydrogen-bond donors (Lipinski definition) is 3. The summed E-state index contributed by atoms with van der Waals surface area (Å²) in [5.74, 6) is 0. The third-order valence-electron chi connectivity index (χ3n) is 3.43. The number of aryl methyl sites for hydroxylation is 1. The summed E-state index contributed by atoms with van der Waals surface area (Å²) in [5, 5.41) is 13.4. The summed E-state index contributed by atoms with van der Waals surface area (Å²) in [7, 11) is 0. The molecule has 98 valence electrons. The standard InChI is InChI=1S/C15H22N2O/c1-11-14(15(2,3)10-16-8-9-18)12-6-4-5-7-13(12)17-11/h4-7,16-18H,8-10H2,1-3H3. The Hall–Kier alpha value is -1.32. The molecular formula is C15H22N2O. The lowest BCUT2D eigenvalue weighted by molar-refractivity contribution is 0.287. The van der Waals surface area contributed by atoms with Crippen molar-refractivity contribution in [3.63, 3.8) is 0 Å². The van der Waals surface area contributed by atoms with E-state index in [1.54, 1.807) is 0 Å². The quantitative estimate of drug-likeness (QED) is 0.709. The number of aliphatic hydroxyl groups excluding tert-OH is 1. The fraction of sp³-hybridized carbons (Fsp3) is 0.467. The molecule has 0 aliphatic heterocycles. The minimum Gasteiger partial charge on any atom is -0.395 e. The van der Waals surface area contributed by atoms with Gasteiger partial charge in [-0.1, -0.05) is 32.0 Å². The fourth-order valence-corrected chi connectivity index (χ4v) is 2.72. The van der Waals surface area contributed by atoms with Gasteiger partial charge in [-0.3, -0.25) is 0 Å². The van der Waals surface area contributed by atoms with Crippen molar-refractivity contribution in [2.45, 2.75) is 26.2 Å². The van der Waals surface area contributed by atoms with Crippen LogP contribution >= 0.6 is 0 Å². The van der Waals surface area contributed by atoms with E-state index in [4.69, 9.17) is 5.11 Å². The second-order valence-corrected chi connectivity index (χ2v) is 5.45. The topological polar surface area (TPSA) is 48.0 Å². The molecule has 2 rings (SSSR count). The molecule has 0 amide bonds. The van der Waals surface area contributed by atoms with Gasteiger partial charge >= 0.3 is 0 Å². The van der Waals surface area contributed by atoms with Crippen molar-refractivity contribution in [2.75, 3.05) is 19.7 Å². The van der Waals surface area contributed by atoms with Gasteiger partial charge in [0.25, 0.3) is 0 Å². The van der Waals surface area contributed by atoms with Crippen molar-refractivity contribution >= 4 is 10.9 Å². The van der Waals surface area contributed by atoms with Crippen molar-refractivity contribution in [1.82, 2.24) is 10.3 Å². The first-order valence-corrected chi connectivity index (χ1v) is 6.45. The number of hydrogen-bond acceptors (Lipinski definition) is 2. The van der Waals surface area contributed by atoms with Crippen molar-refractivity contribution < 1.29 is 5.11 Å². The molecule has 0 saturated carbocycles. The molecule has 0 unspecified atom stereocenters. The Kier molecular flexibility index (Phi) is 3.73. The Morgan fingerprint density at radius 1 is 1.28 bits per heavy atom. The zero-order valence-electron chi connectivity index (χ0n) is 11.4. The molecule has 3 nitrogen and oxygen atoms in total. The van der Waals surface area contributed by atoms with E-state index in [1.807, 2.05) is 0 Å². The Bertz CT molecular complexity index is 528. The van der Waals surface area contributed by atoms with E-state index < -0.39 is 0 Å². The van der Waals surface area contributed by atoms with Crippen LogP contribution in [-0.4, -0.2) is 29.8 Å². The summed E-state index contributed by atoms with van der Waals surface area (Å²) in [6.45, 7) is 8.28. The number of H-pyrrole nitrogens is 1. The highest BCUT2D eigenvalue weighted by Crippen LogP contribution is 2.32. The van der Waals surface area contributed by atoms with E-state index in [9.17, 15) is 0 Å². The summed E-state index contributed by atoms with van der Waals surface area (Å²) in [6.07, 6.45) is 0. The number of aromatic amines is 1. The monoisotopic (exact) mass is 246 g/mol. The van der Waals surface area contributed by atoms with Crippen LogP contribution in [0.2, 0.25) is 0 Å². The van der Waals surface area contributed by atoms with Crippen LogP contribution in [0.5, 0.6) is 0 Å². The van der Waals surface area contributed by atoms with Gasteiger partial charge in [-0.05, 0) is 18.6 Å². The molecule has 0 aliphatic carbocycles. The smallest absolute Gasteiger partial charge is 0.0555 e. The van der Waals surface area contributed by atoms with Crippen LogP contribution in [0, 0.1) is 6.92 Å². The van der Waals surface area contributed by atoms with Gasteiger partial charge in [0, 0.05) is 35.1 Å². The first kappa shape index (κ1) is 13.1. The van der Waals surface area contributed by atoms with Gasteiger partial charge < -0.3 is 15.4 Å². The Balaban J connectivity index is 2.36. The van der Waals surface area contributed by atoms with E-state index >= 15 is 0 Å². The van der Waals surface area contributed by atoms with Gasteiger partial charge in [-0.15, -0.1) is 0 Å². The van der Waals surface area contributed by atoms with Crippen LogP contribution in [0.25, 0.3) is 10.9 Å². The second-order valence-electron chi connectivity index (χ2n) is 5.45. The van der Waals surface area contributed by atoms with Gasteiger partial charge in [0.2, 0.25) is 0 Å². The molecule has 0 saturated heterocycles. The minimum absolute atomic E-state index is 0.0405. The molecule has 0 radical (unpaired) electrons. The summed E-state index contributed by atoms with van der Waals surface area (Å²) >= 11 is 0. The predicted molar refractivity (Wildman–Crippen MR) is 76.0 cm³/mol. The number of benzene rings is 1. The first-order chi connectivity index (χ1) is 8.56. The number of para-hydroxylation sites is 1. The second kappa shape index (κ2) is 5.12. The molecule has 0 atom stereocenters. The van der Waals surface area contributed by atoms with Crippen LogP contribution in [0.1, 0.15) is 25.1 Å². The molecule has 3 heteroatoms. The predicted octanol–water partition coefficient (Wildman–Crippen LogP) is 2.34. The van der Waals surface area contributed by atoms with E-state index in [2.05, 4.69) is 55.3 Å². The van der Waals surface area contributed by atoms with Crippen molar-refractivity contribution in [3.05, 3.63) is 35.5 Å². The van der Waals surface area contributed by atoms with Crippen LogP contribution in [-0.2, 0) is 5.41 Å². The number of rotatable bonds is 5. The van der Waals surface area contributed by atoms with E-state index in [0.29, 0.717) is 6.54 Å². The molecule has 0 spiro atoms. The normalized spacial score (nSPS) is 12.2. The molecule has 3 N–H and O–H groups in total. The molecule has 0 bridgehead atoms. The maximum absolute atomic E-state index is 8.85. The van der Waals surface area contributed by atoms with Gasteiger partial charge in [0.1, 0.15) is 0 Å². The summed E-state index contributed by atoms with van der Waals surface area (Å²) in [6, 6.07) is 8.42. The van der Waals surface area contributed by atoms with Crippen LogP contribution in [0.4, 0.5) is 0 Å². The zero-order chi connectivity index (χ0) is 13.2. The first-order valence-electron chi connectivity index (χ1n) is 6.45. The molecule has 1 aromatic heterocycles. The molecule has 0 aliphatic rings. The Morgan fingerprint density at radius 2 is 2.00 bits per heavy atom. The van der Waals surface area contributed by atoms with E-state index in [1.165, 1.54) is 22.2 Å². The number of aromatic nitrogens is 1. The Morgan fingerprint density at radius 3 is 2.72 bits per heavy atom. The lowest BCUT2D eigenvalue weighted by atomic mass is 9.82. The van der Waals surface area contributed by atoms with Gasteiger partial charge in [-0.25, -0.2) is 0 Å². The van der Waals surface area contributed by atoms with Gasteiger partial charge in [0.15, 0.2) is 0 Å². The molecule has 1 heterocycles. The van der Waals surface area contributed by atoms with Crippen molar-refractivity contribution in [3.8, 4) is 0 Å². The number of fused-ring (bicyclic) bond motifs is 1. The molecular weight excluding hydrogens is 224 g/mol. The summed E-state index contributed by atoms with van der Waals surface area (Å²) in [4.78, 5) is 3.45. The van der Waals surface area contributed by atoms with Crippen molar-refractivity contribution in [2.24, 2.45) is 0 Å². The van der Waals surface area contributed by atoms with E-state index in [0.717, 1.165) is 6.54 Å². The molecule has 1 aromatic carbocycles. The third-order valence-corrected chi connectivity index (χ3v) is 3.43. The van der Waals surface area contributed by atoms with E-state index in [-0.39, 0.29) is 12.0 Å². The average Bonchev–Trinajstić information content (AvgIpc) is 2.65. The third kappa shape index (κ3) is 2.42. The number of aliphatic hydroxyl groups is 1. The van der Waals surface area contributed by atoms with Gasteiger partial charge in [-0.2, -0.15) is 0 Å². The van der Waals surface area contributed by atoms with Crippen molar-refractivity contribution in [1.29, 1.82) is 0 Å². The zero-order valence-corrected chi connectivity index (χ0v) is 11.4. The number of nitrogens with one attached hydrogen (secondary N) is 2. The van der Waals surface area contributed by atoms with Gasteiger partial charge in [0.05, 0.1) is 6.61 Å². The highest BCUT2D eigenvalue weighted by Gasteiger charge is 2.25. The summed E-state index contributed by atoms with van der Waals surface area (Å²) < 4.78 is 0. The van der Waals surface area contributed by atoms with Crippen LogP contribution in [0.15, 0.2) is 24.3 Å². The largest absolute Gasteiger partial charge is 0.395 e. The fourth-order valence-electron chi connectivity index (χ4n) is 2.72. The highest BCUT2D eigenvalue weighted by molar-refractivity contribution is 5.85. The lowest BCUT2D eigenvalue weighted by Crippen LogP contribution is -2.34. The average molecular weight is 246 g/mol. The maximum atomic E-state index is 8.85. The lowest BCUT2D eigenvalue weighted by Gasteiger charge is -2.26. The van der Waals surface area contributed by atoms with Crippen LogP contribution < -0.4 is 5.32 Å². The molecule has 0 fully saturated rings. The van der Waals surface area contributed by atoms with Crippen LogP contribution in [0.3, 0.4) is 0 Å². The maximum Gasteiger partial charge on any atom is 0.0555 e. The molecule has 18 heavy (non-hydrogen) atoms. The minimum atomic E-state index is 0.0405.